The molecule has 1 heterocycles. The quantitative estimate of drug-likeness (QED) is 0.782. The van der Waals surface area contributed by atoms with Crippen molar-refractivity contribution in [1.29, 1.82) is 0 Å². The fourth-order valence-electron chi connectivity index (χ4n) is 2.01. The first kappa shape index (κ1) is 15.0. The van der Waals surface area contributed by atoms with E-state index in [0.717, 1.165) is 15.8 Å². The van der Waals surface area contributed by atoms with Gasteiger partial charge in [-0.05, 0) is 59.7 Å². The fraction of sp³-hybridized carbons (Fsp3) is 0.286. The number of thiophene rings is 1. The zero-order chi connectivity index (χ0) is 14.0. The van der Waals surface area contributed by atoms with Gasteiger partial charge in [0.1, 0.15) is 5.75 Å². The molecule has 102 valence electrons. The first-order valence-electron chi connectivity index (χ1n) is 5.83. The molecule has 1 unspecified atom stereocenters. The molecule has 5 heteroatoms. The summed E-state index contributed by atoms with van der Waals surface area (Å²) in [5, 5.41) is 3.37. The van der Waals surface area contributed by atoms with Gasteiger partial charge in [0.15, 0.2) is 0 Å². The number of benzene rings is 1. The van der Waals surface area contributed by atoms with Crippen LogP contribution in [0.25, 0.3) is 0 Å². The summed E-state index contributed by atoms with van der Waals surface area (Å²) in [7, 11) is 3.67. The van der Waals surface area contributed by atoms with Gasteiger partial charge in [0.25, 0.3) is 0 Å². The van der Waals surface area contributed by atoms with Gasteiger partial charge < -0.3 is 10.1 Å². The molecule has 0 saturated heterocycles. The number of aryl methyl sites for hydroxylation is 1. The Morgan fingerprint density at radius 1 is 1.26 bits per heavy atom. The van der Waals surface area contributed by atoms with Gasteiger partial charge >= 0.3 is 0 Å². The highest BCUT2D eigenvalue weighted by molar-refractivity contribution is 9.11. The average Bonchev–Trinajstić information content (AvgIpc) is 2.70. The molecule has 0 spiro atoms. The van der Waals surface area contributed by atoms with E-state index >= 15 is 0 Å². The second-order valence-electron chi connectivity index (χ2n) is 4.21. The summed E-state index contributed by atoms with van der Waals surface area (Å²) in [6.45, 7) is 2.11. The molecule has 2 rings (SSSR count). The first-order valence-corrected chi connectivity index (χ1v) is 8.23. The van der Waals surface area contributed by atoms with Crippen LogP contribution in [0.2, 0.25) is 0 Å². The van der Waals surface area contributed by atoms with Crippen LogP contribution >= 0.6 is 43.2 Å². The summed E-state index contributed by atoms with van der Waals surface area (Å²) < 4.78 is 7.70. The lowest BCUT2D eigenvalue weighted by atomic mass is 10.0. The van der Waals surface area contributed by atoms with E-state index < -0.39 is 0 Å². The monoisotopic (exact) mass is 403 g/mol. The van der Waals surface area contributed by atoms with Gasteiger partial charge in [-0.15, -0.1) is 11.3 Å². The summed E-state index contributed by atoms with van der Waals surface area (Å²) in [5.74, 6) is 0.893. The lowest BCUT2D eigenvalue weighted by Crippen LogP contribution is -2.17. The van der Waals surface area contributed by atoms with Crippen LogP contribution in [0.15, 0.2) is 32.5 Å². The smallest absolute Gasteiger partial charge is 0.124 e. The molecular formula is C14H15Br2NOS. The second-order valence-corrected chi connectivity index (χ2v) is 7.53. The molecule has 0 aliphatic carbocycles. The van der Waals surface area contributed by atoms with E-state index in [1.807, 2.05) is 19.2 Å². The highest BCUT2D eigenvalue weighted by Gasteiger charge is 2.19. The molecule has 1 aromatic heterocycles. The predicted octanol–water partition coefficient (Wildman–Crippen LogP) is 4.90. The van der Waals surface area contributed by atoms with Crippen LogP contribution in [-0.4, -0.2) is 14.2 Å². The Balaban J connectivity index is 2.50. The molecule has 19 heavy (non-hydrogen) atoms. The Labute approximate surface area is 134 Å². The SMILES string of the molecule is CNC(c1cc(C)c(Br)s1)c1cc(Br)ccc1OC. The van der Waals surface area contributed by atoms with Crippen molar-refractivity contribution in [2.24, 2.45) is 0 Å². The minimum atomic E-state index is 0.127. The third-order valence-corrected chi connectivity index (χ3v) is 5.65. The molecule has 0 fully saturated rings. The zero-order valence-electron chi connectivity index (χ0n) is 11.0. The molecule has 0 aliphatic heterocycles. The number of halogens is 2. The largest absolute Gasteiger partial charge is 0.496 e. The molecule has 0 bridgehead atoms. The molecule has 2 nitrogen and oxygen atoms in total. The maximum Gasteiger partial charge on any atom is 0.124 e. The summed E-state index contributed by atoms with van der Waals surface area (Å²) in [6.07, 6.45) is 0. The predicted molar refractivity (Wildman–Crippen MR) is 88.4 cm³/mol. The van der Waals surface area contributed by atoms with Crippen LogP contribution in [-0.2, 0) is 0 Å². The number of nitrogens with one attached hydrogen (secondary N) is 1. The molecule has 1 aromatic carbocycles. The molecule has 1 atom stereocenters. The highest BCUT2D eigenvalue weighted by atomic mass is 79.9. The Kier molecular flexibility index (Phi) is 5.06. The standard InChI is InChI=1S/C14H15Br2NOS/c1-8-6-12(19-14(8)16)13(17-2)10-7-9(15)4-5-11(10)18-3/h4-7,13,17H,1-3H3. The van der Waals surface area contributed by atoms with Crippen molar-refractivity contribution in [3.8, 4) is 5.75 Å². The van der Waals surface area contributed by atoms with Crippen LogP contribution < -0.4 is 10.1 Å². The summed E-state index contributed by atoms with van der Waals surface area (Å²) in [5.41, 5.74) is 2.39. The lowest BCUT2D eigenvalue weighted by Gasteiger charge is -2.18. The van der Waals surface area contributed by atoms with Crippen molar-refractivity contribution in [3.63, 3.8) is 0 Å². The Morgan fingerprint density at radius 3 is 2.53 bits per heavy atom. The van der Waals surface area contributed by atoms with Crippen molar-refractivity contribution in [1.82, 2.24) is 5.32 Å². The van der Waals surface area contributed by atoms with E-state index in [2.05, 4.69) is 56.2 Å². The Bertz CT molecular complexity index is 563. The van der Waals surface area contributed by atoms with E-state index in [-0.39, 0.29) is 6.04 Å². The highest BCUT2D eigenvalue weighted by Crippen LogP contribution is 2.38. The molecule has 0 aliphatic rings. The van der Waals surface area contributed by atoms with Gasteiger partial charge in [0.05, 0.1) is 16.9 Å². The lowest BCUT2D eigenvalue weighted by molar-refractivity contribution is 0.405. The van der Waals surface area contributed by atoms with E-state index in [1.165, 1.54) is 14.2 Å². The third-order valence-electron chi connectivity index (χ3n) is 2.95. The van der Waals surface area contributed by atoms with Crippen molar-refractivity contribution in [2.45, 2.75) is 13.0 Å². The number of rotatable bonds is 4. The second kappa shape index (κ2) is 6.39. The topological polar surface area (TPSA) is 21.3 Å². The van der Waals surface area contributed by atoms with Gasteiger partial charge in [-0.1, -0.05) is 15.9 Å². The number of ether oxygens (including phenoxy) is 1. The molecule has 0 radical (unpaired) electrons. The van der Waals surface area contributed by atoms with Crippen molar-refractivity contribution in [3.05, 3.63) is 48.5 Å². The van der Waals surface area contributed by atoms with Gasteiger partial charge in [0.2, 0.25) is 0 Å². The molecule has 1 N–H and O–H groups in total. The van der Waals surface area contributed by atoms with E-state index in [0.29, 0.717) is 0 Å². The normalized spacial score (nSPS) is 12.5. The maximum absolute atomic E-state index is 5.47. The minimum absolute atomic E-state index is 0.127. The van der Waals surface area contributed by atoms with E-state index in [9.17, 15) is 0 Å². The summed E-state index contributed by atoms with van der Waals surface area (Å²) in [4.78, 5) is 1.27. The van der Waals surface area contributed by atoms with Gasteiger partial charge in [-0.2, -0.15) is 0 Å². The fourth-order valence-corrected chi connectivity index (χ4v) is 4.09. The molecule has 2 aromatic rings. The summed E-state index contributed by atoms with van der Waals surface area (Å²) in [6, 6.07) is 8.41. The number of methoxy groups -OCH3 is 1. The minimum Gasteiger partial charge on any atom is -0.496 e. The van der Waals surface area contributed by atoms with Crippen LogP contribution in [0.1, 0.15) is 22.0 Å². The maximum atomic E-state index is 5.47. The van der Waals surface area contributed by atoms with Gasteiger partial charge in [-0.3, -0.25) is 0 Å². The zero-order valence-corrected chi connectivity index (χ0v) is 14.9. The Morgan fingerprint density at radius 2 is 2.00 bits per heavy atom. The Hall–Kier alpha value is -0.360. The van der Waals surface area contributed by atoms with E-state index in [4.69, 9.17) is 4.74 Å². The number of hydrogen-bond acceptors (Lipinski definition) is 3. The molecule has 0 saturated carbocycles. The number of hydrogen-bond donors (Lipinski definition) is 1. The van der Waals surface area contributed by atoms with Crippen LogP contribution in [0.3, 0.4) is 0 Å². The average molecular weight is 405 g/mol. The molecule has 0 amide bonds. The van der Waals surface area contributed by atoms with Crippen molar-refractivity contribution in [2.75, 3.05) is 14.2 Å². The van der Waals surface area contributed by atoms with Crippen LogP contribution in [0.4, 0.5) is 0 Å². The molecular weight excluding hydrogens is 390 g/mol. The van der Waals surface area contributed by atoms with Gasteiger partial charge in [-0.25, -0.2) is 0 Å². The van der Waals surface area contributed by atoms with Crippen LogP contribution in [0, 0.1) is 6.92 Å². The first-order chi connectivity index (χ1) is 9.06. The van der Waals surface area contributed by atoms with Crippen molar-refractivity contribution >= 4 is 43.2 Å². The third kappa shape index (κ3) is 3.21. The van der Waals surface area contributed by atoms with Crippen molar-refractivity contribution < 1.29 is 4.74 Å². The summed E-state index contributed by atoms with van der Waals surface area (Å²) >= 11 is 8.86. The van der Waals surface area contributed by atoms with Crippen LogP contribution in [0.5, 0.6) is 5.75 Å². The van der Waals surface area contributed by atoms with E-state index in [1.54, 1.807) is 18.4 Å². The van der Waals surface area contributed by atoms with Gasteiger partial charge in [0, 0.05) is 14.9 Å².